The van der Waals surface area contributed by atoms with Gasteiger partial charge in [0.05, 0.1) is 11.6 Å². The van der Waals surface area contributed by atoms with Gasteiger partial charge in [0.25, 0.3) is 0 Å². The zero-order valence-electron chi connectivity index (χ0n) is 11.0. The molecule has 3 heteroatoms. The summed E-state index contributed by atoms with van der Waals surface area (Å²) in [6.07, 6.45) is 4.71. The highest BCUT2D eigenvalue weighted by Crippen LogP contribution is 2.43. The van der Waals surface area contributed by atoms with Crippen LogP contribution in [0.25, 0.3) is 0 Å². The van der Waals surface area contributed by atoms with Gasteiger partial charge < -0.3 is 10.5 Å². The highest BCUT2D eigenvalue weighted by molar-refractivity contribution is 7.10. The van der Waals surface area contributed by atoms with Gasteiger partial charge in [-0.3, -0.25) is 0 Å². The highest BCUT2D eigenvalue weighted by atomic mass is 32.1. The smallest absolute Gasteiger partial charge is 0.0881 e. The molecule has 1 fully saturated rings. The number of ether oxygens (including phenoxy) is 1. The van der Waals surface area contributed by atoms with Gasteiger partial charge in [-0.15, -0.1) is 11.3 Å². The Morgan fingerprint density at radius 2 is 2.35 bits per heavy atom. The molecule has 17 heavy (non-hydrogen) atoms. The van der Waals surface area contributed by atoms with E-state index < -0.39 is 0 Å². The van der Waals surface area contributed by atoms with Gasteiger partial charge in [0.1, 0.15) is 0 Å². The van der Waals surface area contributed by atoms with Crippen LogP contribution < -0.4 is 5.73 Å². The second kappa shape index (κ2) is 5.09. The molecule has 0 aliphatic heterocycles. The van der Waals surface area contributed by atoms with Crippen LogP contribution in [0.5, 0.6) is 0 Å². The molecule has 1 saturated carbocycles. The van der Waals surface area contributed by atoms with E-state index in [1.807, 2.05) is 7.11 Å². The Labute approximate surface area is 108 Å². The van der Waals surface area contributed by atoms with Crippen LogP contribution in [0.4, 0.5) is 0 Å². The molecule has 0 saturated heterocycles. The number of hydrogen-bond donors (Lipinski definition) is 1. The molecular weight excluding hydrogens is 230 g/mol. The predicted molar refractivity (Wildman–Crippen MR) is 73.4 cm³/mol. The number of thiophene rings is 1. The maximum atomic E-state index is 6.51. The molecule has 1 heterocycles. The van der Waals surface area contributed by atoms with Crippen molar-refractivity contribution in [3.05, 3.63) is 21.9 Å². The van der Waals surface area contributed by atoms with Crippen LogP contribution in [0.2, 0.25) is 0 Å². The van der Waals surface area contributed by atoms with Gasteiger partial charge in [0, 0.05) is 12.0 Å². The summed E-state index contributed by atoms with van der Waals surface area (Å²) < 4.78 is 5.87. The Morgan fingerprint density at radius 1 is 1.59 bits per heavy atom. The highest BCUT2D eigenvalue weighted by Gasteiger charge is 2.41. The maximum absolute atomic E-state index is 6.51. The Hall–Kier alpha value is -0.380. The Bertz CT molecular complexity index is 376. The van der Waals surface area contributed by atoms with E-state index in [4.69, 9.17) is 10.5 Å². The third-order valence-corrected chi connectivity index (χ3v) is 5.25. The molecule has 96 valence electrons. The summed E-state index contributed by atoms with van der Waals surface area (Å²) in [4.78, 5) is 1.29. The third kappa shape index (κ3) is 2.42. The first-order valence-corrected chi connectivity index (χ1v) is 7.32. The normalized spacial score (nSPS) is 31.4. The molecule has 3 unspecified atom stereocenters. The molecule has 0 radical (unpaired) electrons. The van der Waals surface area contributed by atoms with Gasteiger partial charge in [0.2, 0.25) is 0 Å². The van der Waals surface area contributed by atoms with E-state index in [2.05, 4.69) is 25.3 Å². The molecule has 1 aliphatic rings. The lowest BCUT2D eigenvalue weighted by Crippen LogP contribution is -2.46. The van der Waals surface area contributed by atoms with E-state index in [0.717, 1.165) is 18.8 Å². The summed E-state index contributed by atoms with van der Waals surface area (Å²) in [6.45, 7) is 4.45. The summed E-state index contributed by atoms with van der Waals surface area (Å²) in [5.41, 5.74) is 7.67. The molecular formula is C14H23NOS. The minimum Gasteiger partial charge on any atom is -0.376 e. The Balaban J connectivity index is 2.26. The van der Waals surface area contributed by atoms with Gasteiger partial charge in [-0.05, 0) is 42.7 Å². The lowest BCUT2D eigenvalue weighted by molar-refractivity contribution is -0.0712. The number of hydrogen-bond acceptors (Lipinski definition) is 3. The molecule has 0 aromatic carbocycles. The molecule has 0 amide bonds. The fourth-order valence-corrected chi connectivity index (χ4v) is 4.11. The van der Waals surface area contributed by atoms with Gasteiger partial charge >= 0.3 is 0 Å². The lowest BCUT2D eigenvalue weighted by Gasteiger charge is -2.43. The first-order valence-electron chi connectivity index (χ1n) is 6.44. The van der Waals surface area contributed by atoms with Gasteiger partial charge in [0.15, 0.2) is 0 Å². The van der Waals surface area contributed by atoms with Crippen LogP contribution in [0, 0.1) is 12.8 Å². The van der Waals surface area contributed by atoms with Crippen molar-refractivity contribution in [3.8, 4) is 0 Å². The van der Waals surface area contributed by atoms with Crippen LogP contribution in [0.1, 0.15) is 49.1 Å². The van der Waals surface area contributed by atoms with E-state index in [9.17, 15) is 0 Å². The van der Waals surface area contributed by atoms with Crippen molar-refractivity contribution in [2.75, 3.05) is 7.11 Å². The van der Waals surface area contributed by atoms with Crippen molar-refractivity contribution in [3.63, 3.8) is 0 Å². The monoisotopic (exact) mass is 253 g/mol. The Morgan fingerprint density at radius 3 is 2.88 bits per heavy atom. The van der Waals surface area contributed by atoms with Crippen molar-refractivity contribution in [2.24, 2.45) is 11.7 Å². The average Bonchev–Trinajstić information content (AvgIpc) is 2.74. The topological polar surface area (TPSA) is 35.2 Å². The first kappa shape index (κ1) is 13.1. The zero-order chi connectivity index (χ0) is 12.5. The summed E-state index contributed by atoms with van der Waals surface area (Å²) in [7, 11) is 1.82. The van der Waals surface area contributed by atoms with Crippen molar-refractivity contribution in [2.45, 2.75) is 51.2 Å². The van der Waals surface area contributed by atoms with Crippen LogP contribution in [-0.4, -0.2) is 12.7 Å². The summed E-state index contributed by atoms with van der Waals surface area (Å²) >= 11 is 1.76. The predicted octanol–water partition coefficient (Wildman–Crippen LogP) is 3.65. The van der Waals surface area contributed by atoms with Gasteiger partial charge in [-0.1, -0.05) is 19.8 Å². The fraction of sp³-hybridized carbons (Fsp3) is 0.714. The number of rotatable bonds is 3. The molecule has 1 aromatic rings. The van der Waals surface area contributed by atoms with Gasteiger partial charge in [-0.2, -0.15) is 0 Å². The van der Waals surface area contributed by atoms with Crippen LogP contribution in [-0.2, 0) is 4.74 Å². The lowest BCUT2D eigenvalue weighted by atomic mass is 9.74. The zero-order valence-corrected chi connectivity index (χ0v) is 11.8. The SMILES string of the molecule is COC1(C(N)c2sccc2C)CCCC(C)C1. The van der Waals surface area contributed by atoms with E-state index in [0.29, 0.717) is 0 Å². The molecule has 2 rings (SSSR count). The fourth-order valence-electron chi connectivity index (χ4n) is 3.08. The molecule has 3 atom stereocenters. The van der Waals surface area contributed by atoms with E-state index >= 15 is 0 Å². The average molecular weight is 253 g/mol. The maximum Gasteiger partial charge on any atom is 0.0881 e. The second-order valence-corrected chi connectivity index (χ2v) is 6.36. The molecule has 1 aliphatic carbocycles. The van der Waals surface area contributed by atoms with Gasteiger partial charge in [-0.25, -0.2) is 0 Å². The van der Waals surface area contributed by atoms with E-state index in [1.54, 1.807) is 11.3 Å². The minimum atomic E-state index is -0.146. The van der Waals surface area contributed by atoms with E-state index in [1.165, 1.54) is 23.3 Å². The van der Waals surface area contributed by atoms with Crippen LogP contribution >= 0.6 is 11.3 Å². The number of aryl methyl sites for hydroxylation is 1. The number of methoxy groups -OCH3 is 1. The number of nitrogens with two attached hydrogens (primary N) is 1. The molecule has 2 N–H and O–H groups in total. The van der Waals surface area contributed by atoms with Crippen molar-refractivity contribution in [1.29, 1.82) is 0 Å². The molecule has 0 spiro atoms. The molecule has 1 aromatic heterocycles. The second-order valence-electron chi connectivity index (χ2n) is 5.42. The standard InChI is InChI=1S/C14H23NOS/c1-10-5-4-7-14(9-10,16-3)13(15)12-11(2)6-8-17-12/h6,8,10,13H,4-5,7,9,15H2,1-3H3. The quantitative estimate of drug-likeness (QED) is 0.892. The van der Waals surface area contributed by atoms with Crippen LogP contribution in [0.15, 0.2) is 11.4 Å². The molecule has 0 bridgehead atoms. The summed E-state index contributed by atoms with van der Waals surface area (Å²) in [6, 6.07) is 2.17. The van der Waals surface area contributed by atoms with Crippen LogP contribution in [0.3, 0.4) is 0 Å². The van der Waals surface area contributed by atoms with E-state index in [-0.39, 0.29) is 11.6 Å². The van der Waals surface area contributed by atoms with Crippen molar-refractivity contribution < 1.29 is 4.74 Å². The minimum absolute atomic E-state index is 0.0234. The largest absolute Gasteiger partial charge is 0.376 e. The first-order chi connectivity index (χ1) is 8.09. The summed E-state index contributed by atoms with van der Waals surface area (Å²) in [5, 5.41) is 2.13. The van der Waals surface area contributed by atoms with Crippen molar-refractivity contribution in [1.82, 2.24) is 0 Å². The third-order valence-electron chi connectivity index (χ3n) is 4.15. The molecule has 2 nitrogen and oxygen atoms in total. The summed E-state index contributed by atoms with van der Waals surface area (Å²) in [5.74, 6) is 0.718. The van der Waals surface area contributed by atoms with Crippen molar-refractivity contribution >= 4 is 11.3 Å². The Kier molecular flexibility index (Phi) is 3.91.